The van der Waals surface area contributed by atoms with Crippen molar-refractivity contribution in [2.45, 2.75) is 110 Å². The molecule has 3 aliphatic heterocycles. The first-order chi connectivity index (χ1) is 47.0. The molecular weight excluding hydrogens is 1300 g/mol. The van der Waals surface area contributed by atoms with Gasteiger partial charge in [0.1, 0.15) is 73.3 Å². The van der Waals surface area contributed by atoms with Crippen LogP contribution in [0.2, 0.25) is 0 Å². The first kappa shape index (κ1) is 78.6. The lowest BCUT2D eigenvalue weighted by Gasteiger charge is -2.22. The van der Waals surface area contributed by atoms with E-state index in [-0.39, 0.29) is 37.2 Å². The van der Waals surface area contributed by atoms with Crippen LogP contribution < -0.4 is 98.9 Å². The van der Waals surface area contributed by atoms with Gasteiger partial charge in [-0.3, -0.25) is 0 Å². The normalized spacial score (nSPS) is 11.0. The fourth-order valence-electron chi connectivity index (χ4n) is 14.2. The maximum Gasteiger partial charge on any atom is 0.203 e. The van der Waals surface area contributed by atoms with E-state index in [4.69, 9.17) is 30.5 Å². The Balaban J connectivity index is 0.000000208. The third kappa shape index (κ3) is 16.3. The first-order valence-corrected chi connectivity index (χ1v) is 35.6. The summed E-state index contributed by atoms with van der Waals surface area (Å²) in [4.78, 5) is 7.04. The maximum atomic E-state index is 6.58. The third-order valence-corrected chi connectivity index (χ3v) is 19.7. The van der Waals surface area contributed by atoms with Crippen LogP contribution in [0.3, 0.4) is 0 Å². The lowest BCUT2D eigenvalue weighted by molar-refractivity contribution is -0.00100. The van der Waals surface area contributed by atoms with E-state index < -0.39 is 0 Å². The second-order valence-corrected chi connectivity index (χ2v) is 25.0. The molecule has 100 heavy (non-hydrogen) atoms. The van der Waals surface area contributed by atoms with Crippen LogP contribution in [0.15, 0.2) is 177 Å². The molecule has 0 spiro atoms. The minimum atomic E-state index is 0. The predicted molar refractivity (Wildman–Crippen MR) is 415 cm³/mol. The van der Waals surface area contributed by atoms with Crippen molar-refractivity contribution < 1.29 is 50.5 Å². The Morgan fingerprint density at radius 3 is 0.940 bits per heavy atom. The first-order valence-electron chi connectivity index (χ1n) is 35.6. The Kier molecular flexibility index (Phi) is 27.9. The third-order valence-electron chi connectivity index (χ3n) is 19.7. The van der Waals surface area contributed by atoms with Crippen LogP contribution in [-0.4, -0.2) is 78.5 Å². The second-order valence-electron chi connectivity index (χ2n) is 25.0. The summed E-state index contributed by atoms with van der Waals surface area (Å²) in [6, 6.07) is 58.5. The molecule has 3 aliphatic carbocycles. The van der Waals surface area contributed by atoms with Gasteiger partial charge >= 0.3 is 0 Å². The predicted octanol–water partition coefficient (Wildman–Crippen LogP) is 8.15. The number of anilines is 5. The molecule has 6 N–H and O–H groups in total. The molecule has 0 bridgehead atoms. The van der Waals surface area contributed by atoms with Crippen LogP contribution in [0.1, 0.15) is 105 Å². The van der Waals surface area contributed by atoms with Gasteiger partial charge in [0, 0.05) is 160 Å². The molecule has 528 valence electrons. The highest BCUT2D eigenvalue weighted by molar-refractivity contribution is 6.06. The number of nitrogen functional groups attached to an aromatic ring is 2. The van der Waals surface area contributed by atoms with Crippen molar-refractivity contribution in [3.05, 3.63) is 202 Å². The molecule has 0 aromatic heterocycles. The van der Waals surface area contributed by atoms with Crippen LogP contribution in [0, 0.1) is 20.8 Å². The van der Waals surface area contributed by atoms with E-state index in [1.165, 1.54) is 77.6 Å². The Morgan fingerprint density at radius 1 is 0.310 bits per heavy atom. The summed E-state index contributed by atoms with van der Waals surface area (Å²) < 4.78 is 26.7. The number of nitrogens with zero attached hydrogens (tertiary/aromatic N) is 6. The van der Waals surface area contributed by atoms with E-state index in [2.05, 4.69) is 278 Å². The molecule has 0 fully saturated rings. The number of nitrogens with two attached hydrogens (primary N) is 3. The maximum absolute atomic E-state index is 6.58. The van der Waals surface area contributed by atoms with Gasteiger partial charge in [-0.2, -0.15) is 0 Å². The van der Waals surface area contributed by atoms with Crippen LogP contribution in [-0.2, 0) is 6.54 Å². The fraction of sp³-hybridized carbons (Fsp3) is 0.329. The standard InChI is InChI=1S/C29H36N3O.C28H33N3O.C28H34N3O.3ClH/c1-6-31(7-2)22-11-14-25-27(17-22)33-28-18-23(32(8-3)9-4)12-15-26(28)29(25)24-13-10-21(19-30)16-20(24)5;1-6-30(7-2)21-11-14-24-26(17-21)32-27-18-22(31(8-3)9-4)12-15-25(27)28(24)23-13-10-20(29)16-19(23)5;1-6-30(7-2)21-12-14-23-26(17-21)32-27-18-22(31(8-3)9-4)13-15-24(27)28(23)25-16-20(29)11-10-19(25)5;;;/h10-18H,6-9,19,30H2,1-5H3;10-18,29H,6-9H2,1-5H3;10-18H,6-9,29H2,1-5H3;3*1H/q+1;;+1;;;/p-2. The summed E-state index contributed by atoms with van der Waals surface area (Å²) >= 11 is 0. The SMILES string of the molecule is CCN(CC)c1ccc2c(-c3cc(N)ccc3C)c3ccc(=[N+](CC)CC)cc-3oc2c1.CCN(CC)c1ccc2c(-c3ccc(CN)cc3C)c3ccc(=[N+](CC)CC)cc-3oc2c1.CCN(CC)c1ccc2c(-c3ccc(N)cc3C)c3ccc(=[N+](CC)CC)cc-3oc2c1.[Cl-].[Cl-].[Cl-]. The van der Waals surface area contributed by atoms with Gasteiger partial charge in [-0.1, -0.05) is 30.3 Å². The van der Waals surface area contributed by atoms with Crippen LogP contribution >= 0.6 is 0 Å². The lowest BCUT2D eigenvalue weighted by Crippen LogP contribution is -3.00. The number of benzene rings is 9. The molecule has 0 saturated carbocycles. The quantitative estimate of drug-likeness (QED) is 0.0417. The molecule has 6 aromatic rings. The number of aryl methyl sites for hydroxylation is 3. The molecule has 3 heterocycles. The van der Waals surface area contributed by atoms with Crippen molar-refractivity contribution in [3.63, 3.8) is 0 Å². The largest absolute Gasteiger partial charge is 1.00 e. The lowest BCUT2D eigenvalue weighted by atomic mass is 9.90. The average Bonchev–Trinajstić information content (AvgIpc) is 0.761. The zero-order valence-corrected chi connectivity index (χ0v) is 63.8. The number of hydrogen-bond acceptors (Lipinski definition) is 9. The summed E-state index contributed by atoms with van der Waals surface area (Å²) in [5, 5.41) is 6.93. The van der Waals surface area contributed by atoms with Crippen molar-refractivity contribution in [1.82, 2.24) is 13.7 Å². The Hall–Kier alpha value is -8.78. The number of fused-ring (bicyclic) bond motifs is 6. The minimum Gasteiger partial charge on any atom is -1.00 e. The topological polar surface area (TPSA) is 136 Å². The zero-order valence-electron chi connectivity index (χ0n) is 61.6. The molecule has 0 radical (unpaired) electrons. The highest BCUT2D eigenvalue weighted by Gasteiger charge is 2.25. The second kappa shape index (κ2) is 35.5. The van der Waals surface area contributed by atoms with Crippen molar-refractivity contribution in [3.8, 4) is 67.4 Å². The van der Waals surface area contributed by atoms with Gasteiger partial charge in [-0.05, 0) is 222 Å². The Morgan fingerprint density at radius 2 is 0.620 bits per heavy atom. The summed E-state index contributed by atoms with van der Waals surface area (Å²) in [5.41, 5.74) is 41.3. The molecule has 0 atom stereocenters. The van der Waals surface area contributed by atoms with Gasteiger partial charge in [0.15, 0.2) is 0 Å². The van der Waals surface area contributed by atoms with Crippen molar-refractivity contribution in [2.75, 3.05) is 105 Å². The minimum absolute atomic E-state index is 0. The van der Waals surface area contributed by atoms with E-state index in [0.717, 1.165) is 168 Å². The van der Waals surface area contributed by atoms with Crippen LogP contribution in [0.4, 0.5) is 28.4 Å². The number of rotatable bonds is 19. The number of hydrogen-bond donors (Lipinski definition) is 3. The molecule has 0 unspecified atom stereocenters. The molecule has 6 aromatic carbocycles. The molecule has 0 amide bonds. The van der Waals surface area contributed by atoms with Gasteiger partial charge < -0.3 is 82.4 Å². The smallest absolute Gasteiger partial charge is 0.203 e. The van der Waals surface area contributed by atoms with Crippen molar-refractivity contribution in [2.24, 2.45) is 5.73 Å². The molecule has 15 heteroatoms. The van der Waals surface area contributed by atoms with Gasteiger partial charge in [-0.15, -0.1) is 0 Å². The Labute approximate surface area is 612 Å². The monoisotopic (exact) mass is 1400 g/mol. The van der Waals surface area contributed by atoms with Crippen molar-refractivity contribution in [1.29, 1.82) is 0 Å². The molecular formula is C85H104Cl3N9O3. The summed E-state index contributed by atoms with van der Waals surface area (Å²) in [5.74, 6) is 2.72. The molecule has 12 rings (SSSR count). The Bertz CT molecular complexity index is 4880. The van der Waals surface area contributed by atoms with Crippen LogP contribution in [0.5, 0.6) is 0 Å². The van der Waals surface area contributed by atoms with Crippen LogP contribution in [0.25, 0.3) is 100 Å². The van der Waals surface area contributed by atoms with Gasteiger partial charge in [0.2, 0.25) is 16.1 Å². The van der Waals surface area contributed by atoms with Gasteiger partial charge in [-0.25, -0.2) is 13.7 Å². The van der Waals surface area contributed by atoms with E-state index >= 15 is 0 Å². The highest BCUT2D eigenvalue weighted by Crippen LogP contribution is 2.46. The summed E-state index contributed by atoms with van der Waals surface area (Å²) in [6.45, 7) is 44.8. The molecule has 6 aliphatic rings. The highest BCUT2D eigenvalue weighted by atomic mass is 35.5. The van der Waals surface area contributed by atoms with E-state index in [1.807, 2.05) is 18.2 Å². The summed E-state index contributed by atoms with van der Waals surface area (Å²) in [7, 11) is 0. The zero-order chi connectivity index (χ0) is 69.2. The van der Waals surface area contributed by atoms with Gasteiger partial charge in [0.25, 0.3) is 0 Å². The van der Waals surface area contributed by atoms with Gasteiger partial charge in [0.05, 0.1) is 18.2 Å². The fourth-order valence-corrected chi connectivity index (χ4v) is 14.2. The van der Waals surface area contributed by atoms with E-state index in [9.17, 15) is 0 Å². The number of halogens is 3. The molecule has 0 saturated heterocycles. The molecule has 12 nitrogen and oxygen atoms in total. The van der Waals surface area contributed by atoms with Crippen molar-refractivity contribution >= 4 is 61.3 Å². The van der Waals surface area contributed by atoms with E-state index in [0.29, 0.717) is 6.54 Å². The average molecular weight is 1410 g/mol. The van der Waals surface area contributed by atoms with E-state index in [1.54, 1.807) is 0 Å². The summed E-state index contributed by atoms with van der Waals surface area (Å²) in [6.07, 6.45) is 0.